The Hall–Kier alpha value is -4.96. The standard InChI is InChI=1S/C33H36ClF3N10O3/c1-19-13-27(39-15-25(19)38)46-17-23(28(42-46)33(35,36)37)26-16-40-29(43(26)2)30(48)41-21-5-6-22(24(34)14-21)32(50)45-10-8-44(9-11-45)31(49)20-7-12-47(3,4)18-20/h5-6,13-17,20H,7-12,18,38H2,1-4H3/p+1. The molecule has 1 aromatic carbocycles. The van der Waals surface area contributed by atoms with Crippen LogP contribution in [0.5, 0.6) is 0 Å². The van der Waals surface area contributed by atoms with E-state index in [1.165, 1.54) is 48.3 Å². The van der Waals surface area contributed by atoms with Gasteiger partial charge in [-0.2, -0.15) is 18.3 Å². The van der Waals surface area contributed by atoms with Crippen molar-refractivity contribution in [1.29, 1.82) is 0 Å². The van der Waals surface area contributed by atoms with Gasteiger partial charge in [-0.05, 0) is 36.8 Å². The highest BCUT2D eigenvalue weighted by Gasteiger charge is 2.40. The van der Waals surface area contributed by atoms with E-state index in [0.717, 1.165) is 34.9 Å². The molecule has 50 heavy (non-hydrogen) atoms. The van der Waals surface area contributed by atoms with Gasteiger partial charge in [0.15, 0.2) is 17.3 Å². The minimum absolute atomic E-state index is 0.000393. The predicted octanol–water partition coefficient (Wildman–Crippen LogP) is 3.86. The van der Waals surface area contributed by atoms with Crippen molar-refractivity contribution in [1.82, 2.24) is 34.1 Å². The number of amides is 3. The topological polar surface area (TPSA) is 144 Å². The van der Waals surface area contributed by atoms with Crippen LogP contribution in [0.25, 0.3) is 17.1 Å². The van der Waals surface area contributed by atoms with Crippen LogP contribution in [0.2, 0.25) is 5.02 Å². The summed E-state index contributed by atoms with van der Waals surface area (Å²) in [6.07, 6.45) is -0.296. The second-order valence-electron chi connectivity index (χ2n) is 13.4. The molecule has 0 bridgehead atoms. The number of hydrogen-bond acceptors (Lipinski definition) is 7. The van der Waals surface area contributed by atoms with Crippen LogP contribution in [0.3, 0.4) is 0 Å². The number of rotatable bonds is 6. The van der Waals surface area contributed by atoms with Crippen molar-refractivity contribution >= 4 is 40.7 Å². The predicted molar refractivity (Wildman–Crippen MR) is 180 cm³/mol. The number of nitrogens with two attached hydrogens (primary N) is 1. The van der Waals surface area contributed by atoms with Crippen molar-refractivity contribution in [2.24, 2.45) is 13.0 Å². The zero-order chi connectivity index (χ0) is 36.1. The summed E-state index contributed by atoms with van der Waals surface area (Å²) in [6.45, 7) is 5.10. The first-order chi connectivity index (χ1) is 23.5. The van der Waals surface area contributed by atoms with Gasteiger partial charge in [0.1, 0.15) is 0 Å². The Balaban J connectivity index is 1.13. The Morgan fingerprint density at radius 1 is 1.04 bits per heavy atom. The van der Waals surface area contributed by atoms with Crippen molar-refractivity contribution in [2.45, 2.75) is 19.5 Å². The van der Waals surface area contributed by atoms with E-state index in [2.05, 4.69) is 34.5 Å². The van der Waals surface area contributed by atoms with Gasteiger partial charge in [0.05, 0.1) is 73.0 Å². The highest BCUT2D eigenvalue weighted by Crippen LogP contribution is 2.37. The zero-order valence-corrected chi connectivity index (χ0v) is 28.7. The summed E-state index contributed by atoms with van der Waals surface area (Å²) in [6, 6.07) is 5.94. The van der Waals surface area contributed by atoms with E-state index in [1.54, 1.807) is 11.8 Å². The van der Waals surface area contributed by atoms with Crippen molar-refractivity contribution in [3.05, 3.63) is 70.5 Å². The highest BCUT2D eigenvalue weighted by atomic mass is 35.5. The van der Waals surface area contributed by atoms with E-state index >= 15 is 0 Å². The number of alkyl halides is 3. The maximum Gasteiger partial charge on any atom is 0.435 e. The molecule has 0 saturated carbocycles. The van der Waals surface area contributed by atoms with Gasteiger partial charge >= 0.3 is 6.18 Å². The molecule has 0 spiro atoms. The molecule has 4 aromatic rings. The molecule has 3 N–H and O–H groups in total. The molecule has 0 radical (unpaired) electrons. The summed E-state index contributed by atoms with van der Waals surface area (Å²) in [5.41, 5.74) is 5.80. The van der Waals surface area contributed by atoms with Crippen molar-refractivity contribution in [3.8, 4) is 17.1 Å². The number of piperazine rings is 1. The number of halogens is 4. The van der Waals surface area contributed by atoms with Crippen LogP contribution < -0.4 is 11.1 Å². The van der Waals surface area contributed by atoms with Crippen LogP contribution in [0.4, 0.5) is 24.5 Å². The molecule has 5 heterocycles. The second-order valence-corrected chi connectivity index (χ2v) is 13.8. The lowest BCUT2D eigenvalue weighted by atomic mass is 10.1. The summed E-state index contributed by atoms with van der Waals surface area (Å²) < 4.78 is 45.3. The van der Waals surface area contributed by atoms with E-state index in [-0.39, 0.29) is 56.9 Å². The molecule has 264 valence electrons. The number of nitrogen functional groups attached to an aromatic ring is 1. The van der Waals surface area contributed by atoms with Crippen LogP contribution in [0.15, 0.2) is 42.9 Å². The fourth-order valence-corrected chi connectivity index (χ4v) is 6.70. The minimum atomic E-state index is -4.82. The second kappa shape index (κ2) is 13.1. The number of nitrogens with one attached hydrogen (secondary N) is 1. The van der Waals surface area contributed by atoms with Gasteiger partial charge in [0.2, 0.25) is 5.91 Å². The minimum Gasteiger partial charge on any atom is -0.397 e. The van der Waals surface area contributed by atoms with Gasteiger partial charge in [0, 0.05) is 51.5 Å². The average molecular weight is 714 g/mol. The Labute approximate surface area is 291 Å². The molecule has 3 aromatic heterocycles. The molecule has 3 amide bonds. The average Bonchev–Trinajstić information content (AvgIpc) is 3.78. The first-order valence-electron chi connectivity index (χ1n) is 15.9. The SMILES string of the molecule is Cc1cc(-n2cc(-c3cnc(C(=O)Nc4ccc(C(=O)N5CCN(C(=O)C6CC[N+](C)(C)C6)CC5)c(Cl)c4)n3C)c(C(F)(F)F)n2)ncc1N. The third-order valence-electron chi connectivity index (χ3n) is 9.30. The number of quaternary nitrogens is 1. The molecular weight excluding hydrogens is 677 g/mol. The number of carbonyl (C=O) groups excluding carboxylic acids is 3. The van der Waals surface area contributed by atoms with Gasteiger partial charge in [0.25, 0.3) is 11.8 Å². The largest absolute Gasteiger partial charge is 0.435 e. The summed E-state index contributed by atoms with van der Waals surface area (Å²) in [5, 5.41) is 6.49. The van der Waals surface area contributed by atoms with Gasteiger partial charge in [-0.25, -0.2) is 14.6 Å². The molecule has 1 unspecified atom stereocenters. The molecule has 0 aliphatic carbocycles. The molecule has 2 aliphatic rings. The molecule has 2 aliphatic heterocycles. The Morgan fingerprint density at radius 2 is 1.74 bits per heavy atom. The number of aromatic nitrogens is 5. The van der Waals surface area contributed by atoms with E-state index in [4.69, 9.17) is 17.3 Å². The van der Waals surface area contributed by atoms with Gasteiger partial charge < -0.3 is 29.9 Å². The zero-order valence-electron chi connectivity index (χ0n) is 28.0. The van der Waals surface area contributed by atoms with Gasteiger partial charge in [-0.1, -0.05) is 11.6 Å². The Morgan fingerprint density at radius 3 is 2.36 bits per heavy atom. The maximum atomic E-state index is 14.1. The maximum absolute atomic E-state index is 14.1. The van der Waals surface area contributed by atoms with Crippen molar-refractivity contribution in [3.63, 3.8) is 0 Å². The molecule has 1 atom stereocenters. The van der Waals surface area contributed by atoms with Crippen LogP contribution in [0, 0.1) is 12.8 Å². The first kappa shape index (κ1) is 34.9. The van der Waals surface area contributed by atoms with Crippen LogP contribution >= 0.6 is 11.6 Å². The third kappa shape index (κ3) is 6.89. The van der Waals surface area contributed by atoms with E-state index < -0.39 is 17.8 Å². The van der Waals surface area contributed by atoms with Gasteiger partial charge in [-0.15, -0.1) is 0 Å². The van der Waals surface area contributed by atoms with E-state index in [0.29, 0.717) is 37.4 Å². The summed E-state index contributed by atoms with van der Waals surface area (Å²) in [7, 11) is 5.65. The molecule has 6 rings (SSSR count). The number of benzene rings is 1. The Bertz CT molecular complexity index is 1980. The summed E-state index contributed by atoms with van der Waals surface area (Å²) in [4.78, 5) is 51.3. The van der Waals surface area contributed by atoms with Crippen molar-refractivity contribution in [2.75, 3.05) is 64.4 Å². The quantitative estimate of drug-likeness (QED) is 0.289. The molecule has 13 nitrogen and oxygen atoms in total. The molecule has 2 fully saturated rings. The van der Waals surface area contributed by atoms with Crippen LogP contribution in [0.1, 0.15) is 38.7 Å². The number of pyridine rings is 1. The lowest BCUT2D eigenvalue weighted by molar-refractivity contribution is -0.878. The molecule has 17 heteroatoms. The number of nitrogens with zero attached hydrogens (tertiary/aromatic N) is 8. The Kier molecular flexibility index (Phi) is 9.11. The molecule has 2 saturated heterocycles. The van der Waals surface area contributed by atoms with Crippen LogP contribution in [-0.2, 0) is 18.0 Å². The summed E-state index contributed by atoms with van der Waals surface area (Å²) >= 11 is 6.50. The van der Waals surface area contributed by atoms with Crippen molar-refractivity contribution < 1.29 is 32.0 Å². The summed E-state index contributed by atoms with van der Waals surface area (Å²) in [5.74, 6) is -0.909. The number of aryl methyl sites for hydroxylation is 1. The number of imidazole rings is 1. The number of carbonyl (C=O) groups is 3. The van der Waals surface area contributed by atoms with E-state index in [1.807, 2.05) is 4.90 Å². The number of anilines is 2. The number of likely N-dealkylation sites (tertiary alicyclic amines) is 1. The smallest absolute Gasteiger partial charge is 0.397 e. The lowest BCUT2D eigenvalue weighted by Gasteiger charge is -2.36. The fraction of sp³-hybridized carbons (Fsp3) is 0.394. The third-order valence-corrected chi connectivity index (χ3v) is 9.62. The monoisotopic (exact) mass is 713 g/mol. The normalized spacial score (nSPS) is 17.6. The first-order valence-corrected chi connectivity index (χ1v) is 16.3. The van der Waals surface area contributed by atoms with E-state index in [9.17, 15) is 27.6 Å². The fourth-order valence-electron chi connectivity index (χ4n) is 6.43. The number of hydrogen-bond donors (Lipinski definition) is 2. The van der Waals surface area contributed by atoms with Crippen LogP contribution in [-0.4, -0.2) is 110 Å². The molecular formula is C33H37ClF3N10O3+. The highest BCUT2D eigenvalue weighted by molar-refractivity contribution is 6.34. The lowest BCUT2D eigenvalue weighted by Crippen LogP contribution is -2.52. The van der Waals surface area contributed by atoms with Gasteiger partial charge in [-0.3, -0.25) is 14.4 Å².